The van der Waals surface area contributed by atoms with Crippen LogP contribution >= 0.6 is 11.8 Å². The minimum atomic E-state index is 0.0880. The zero-order chi connectivity index (χ0) is 13.7. The molecule has 2 rings (SSSR count). The molecule has 19 heavy (non-hydrogen) atoms. The van der Waals surface area contributed by atoms with Gasteiger partial charge in [-0.2, -0.15) is 0 Å². The summed E-state index contributed by atoms with van der Waals surface area (Å²) in [6.45, 7) is 2.09. The van der Waals surface area contributed by atoms with E-state index in [9.17, 15) is 0 Å². The van der Waals surface area contributed by atoms with Crippen molar-refractivity contribution in [3.05, 3.63) is 65.2 Å². The number of rotatable bonds is 5. The lowest BCUT2D eigenvalue weighted by Gasteiger charge is -2.07. The molecule has 3 heteroatoms. The summed E-state index contributed by atoms with van der Waals surface area (Å²) in [7, 11) is 0. The van der Waals surface area contributed by atoms with Crippen molar-refractivity contribution in [2.24, 2.45) is 5.73 Å². The fraction of sp³-hybridized carbons (Fsp3) is 0.250. The van der Waals surface area contributed by atoms with E-state index in [1.807, 2.05) is 19.1 Å². The lowest BCUT2D eigenvalue weighted by molar-refractivity contribution is 0.282. The summed E-state index contributed by atoms with van der Waals surface area (Å²) in [5.41, 5.74) is 9.21. The first-order valence-electron chi connectivity index (χ1n) is 6.36. The van der Waals surface area contributed by atoms with Crippen LogP contribution in [0.25, 0.3) is 0 Å². The first kappa shape index (κ1) is 14.1. The summed E-state index contributed by atoms with van der Waals surface area (Å²) in [6.07, 6.45) is 0. The number of aliphatic hydroxyl groups excluding tert-OH is 1. The van der Waals surface area contributed by atoms with Crippen LogP contribution in [0, 0.1) is 0 Å². The van der Waals surface area contributed by atoms with Crippen LogP contribution in [0.5, 0.6) is 0 Å². The SMILES string of the molecule is CC(N)c1ccc(SCc2ccc(CO)cc2)cc1. The van der Waals surface area contributed by atoms with Crippen molar-refractivity contribution >= 4 is 11.8 Å². The van der Waals surface area contributed by atoms with Crippen molar-refractivity contribution in [2.75, 3.05) is 0 Å². The minimum absolute atomic E-state index is 0.0880. The highest BCUT2D eigenvalue weighted by Gasteiger charge is 2.00. The smallest absolute Gasteiger partial charge is 0.0681 e. The van der Waals surface area contributed by atoms with Gasteiger partial charge in [-0.25, -0.2) is 0 Å². The zero-order valence-electron chi connectivity index (χ0n) is 11.0. The van der Waals surface area contributed by atoms with Crippen LogP contribution in [0.2, 0.25) is 0 Å². The Morgan fingerprint density at radius 1 is 1.00 bits per heavy atom. The molecule has 1 unspecified atom stereocenters. The molecule has 0 radical (unpaired) electrons. The van der Waals surface area contributed by atoms with E-state index in [-0.39, 0.29) is 12.6 Å². The highest BCUT2D eigenvalue weighted by molar-refractivity contribution is 7.98. The Kier molecular flexibility index (Phi) is 5.02. The van der Waals surface area contributed by atoms with Crippen LogP contribution < -0.4 is 5.73 Å². The van der Waals surface area contributed by atoms with Crippen LogP contribution in [-0.4, -0.2) is 5.11 Å². The molecule has 0 amide bonds. The van der Waals surface area contributed by atoms with Gasteiger partial charge in [-0.15, -0.1) is 11.8 Å². The van der Waals surface area contributed by atoms with Gasteiger partial charge < -0.3 is 10.8 Å². The predicted octanol–water partition coefficient (Wildman–Crippen LogP) is 3.49. The van der Waals surface area contributed by atoms with Crippen LogP contribution in [0.4, 0.5) is 0 Å². The van der Waals surface area contributed by atoms with Gasteiger partial charge in [-0.1, -0.05) is 36.4 Å². The molecule has 0 aliphatic carbocycles. The number of hydrogen-bond acceptors (Lipinski definition) is 3. The van der Waals surface area contributed by atoms with Gasteiger partial charge in [0, 0.05) is 16.7 Å². The van der Waals surface area contributed by atoms with Crippen molar-refractivity contribution in [3.63, 3.8) is 0 Å². The lowest BCUT2D eigenvalue weighted by Crippen LogP contribution is -2.04. The zero-order valence-corrected chi connectivity index (χ0v) is 11.9. The Balaban J connectivity index is 1.94. The molecule has 1 atom stereocenters. The number of nitrogens with two attached hydrogens (primary N) is 1. The summed E-state index contributed by atoms with van der Waals surface area (Å²) < 4.78 is 0. The van der Waals surface area contributed by atoms with Crippen LogP contribution in [0.3, 0.4) is 0 Å². The van der Waals surface area contributed by atoms with Crippen LogP contribution in [0.15, 0.2) is 53.4 Å². The fourth-order valence-corrected chi connectivity index (χ4v) is 2.63. The second-order valence-corrected chi connectivity index (χ2v) is 5.67. The molecule has 0 heterocycles. The van der Waals surface area contributed by atoms with E-state index < -0.39 is 0 Å². The number of thioether (sulfide) groups is 1. The third kappa shape index (κ3) is 4.10. The number of hydrogen-bond donors (Lipinski definition) is 2. The molecule has 0 saturated carbocycles. The third-order valence-electron chi connectivity index (χ3n) is 3.02. The normalized spacial score (nSPS) is 12.4. The van der Waals surface area contributed by atoms with Crippen LogP contribution in [-0.2, 0) is 12.4 Å². The molecule has 0 aliphatic rings. The van der Waals surface area contributed by atoms with Gasteiger partial charge in [0.15, 0.2) is 0 Å². The molecule has 0 saturated heterocycles. The second kappa shape index (κ2) is 6.75. The number of aliphatic hydroxyl groups is 1. The van der Waals surface area contributed by atoms with Crippen molar-refractivity contribution < 1.29 is 5.11 Å². The molecule has 0 aromatic heterocycles. The molecular formula is C16H19NOS. The highest BCUT2D eigenvalue weighted by Crippen LogP contribution is 2.24. The number of benzene rings is 2. The maximum atomic E-state index is 8.99. The molecule has 0 spiro atoms. The third-order valence-corrected chi connectivity index (χ3v) is 4.10. The summed E-state index contributed by atoms with van der Waals surface area (Å²) in [4.78, 5) is 1.25. The molecule has 2 aromatic rings. The molecule has 100 valence electrons. The standard InChI is InChI=1S/C16H19NOS/c1-12(17)15-6-8-16(9-7-15)19-11-14-4-2-13(10-18)3-5-14/h2-9,12,18H,10-11,17H2,1H3. The molecule has 0 bridgehead atoms. The van der Waals surface area contributed by atoms with Crippen molar-refractivity contribution in [3.8, 4) is 0 Å². The molecule has 0 fully saturated rings. The topological polar surface area (TPSA) is 46.2 Å². The van der Waals surface area contributed by atoms with E-state index in [1.165, 1.54) is 10.5 Å². The van der Waals surface area contributed by atoms with Gasteiger partial charge in [0.1, 0.15) is 0 Å². The molecule has 2 aromatic carbocycles. The van der Waals surface area contributed by atoms with Gasteiger partial charge in [-0.3, -0.25) is 0 Å². The largest absolute Gasteiger partial charge is 0.392 e. The van der Waals surface area contributed by atoms with Crippen molar-refractivity contribution in [1.82, 2.24) is 0 Å². The quantitative estimate of drug-likeness (QED) is 0.820. The lowest BCUT2D eigenvalue weighted by atomic mass is 10.1. The van der Waals surface area contributed by atoms with Crippen LogP contribution in [0.1, 0.15) is 29.7 Å². The Hall–Kier alpha value is -1.29. The van der Waals surface area contributed by atoms with E-state index in [2.05, 4.69) is 36.4 Å². The molecule has 2 nitrogen and oxygen atoms in total. The van der Waals surface area contributed by atoms with E-state index in [0.717, 1.165) is 16.9 Å². The van der Waals surface area contributed by atoms with Gasteiger partial charge in [0.2, 0.25) is 0 Å². The van der Waals surface area contributed by atoms with Gasteiger partial charge in [0.25, 0.3) is 0 Å². The second-order valence-electron chi connectivity index (χ2n) is 4.62. The van der Waals surface area contributed by atoms with Gasteiger partial charge in [0.05, 0.1) is 6.61 Å². The summed E-state index contributed by atoms with van der Waals surface area (Å²) in [5.74, 6) is 0.934. The van der Waals surface area contributed by atoms with E-state index >= 15 is 0 Å². The van der Waals surface area contributed by atoms with E-state index in [0.29, 0.717) is 0 Å². The minimum Gasteiger partial charge on any atom is -0.392 e. The Labute approximate surface area is 118 Å². The fourth-order valence-electron chi connectivity index (χ4n) is 1.78. The monoisotopic (exact) mass is 273 g/mol. The summed E-state index contributed by atoms with van der Waals surface area (Å²) in [6, 6.07) is 16.6. The van der Waals surface area contributed by atoms with Crippen molar-refractivity contribution in [1.29, 1.82) is 0 Å². The van der Waals surface area contributed by atoms with Gasteiger partial charge in [-0.05, 0) is 35.7 Å². The summed E-state index contributed by atoms with van der Waals surface area (Å²) in [5, 5.41) is 8.99. The average molecular weight is 273 g/mol. The predicted molar refractivity (Wildman–Crippen MR) is 81.0 cm³/mol. The molecule has 3 N–H and O–H groups in total. The average Bonchev–Trinajstić information content (AvgIpc) is 2.46. The van der Waals surface area contributed by atoms with E-state index in [4.69, 9.17) is 10.8 Å². The molecule has 0 aliphatic heterocycles. The first-order chi connectivity index (χ1) is 9.19. The Bertz CT molecular complexity index is 505. The highest BCUT2D eigenvalue weighted by atomic mass is 32.2. The van der Waals surface area contributed by atoms with Crippen molar-refractivity contribution in [2.45, 2.75) is 30.2 Å². The maximum Gasteiger partial charge on any atom is 0.0681 e. The van der Waals surface area contributed by atoms with E-state index in [1.54, 1.807) is 11.8 Å². The maximum absolute atomic E-state index is 8.99. The summed E-state index contributed by atoms with van der Waals surface area (Å²) >= 11 is 1.80. The first-order valence-corrected chi connectivity index (χ1v) is 7.34. The Morgan fingerprint density at radius 2 is 1.58 bits per heavy atom. The van der Waals surface area contributed by atoms with Gasteiger partial charge >= 0.3 is 0 Å². The Morgan fingerprint density at radius 3 is 2.11 bits per heavy atom. The molecular weight excluding hydrogens is 254 g/mol.